The van der Waals surface area contributed by atoms with E-state index in [1.165, 1.54) is 48.5 Å². The van der Waals surface area contributed by atoms with Crippen LogP contribution in [-0.4, -0.2) is 16.8 Å². The van der Waals surface area contributed by atoms with Crippen LogP contribution >= 0.6 is 11.6 Å². The molecule has 0 aliphatic rings. The van der Waals surface area contributed by atoms with Gasteiger partial charge in [-0.1, -0.05) is 23.7 Å². The molecule has 0 saturated heterocycles. The van der Waals surface area contributed by atoms with Crippen molar-refractivity contribution in [2.45, 2.75) is 9.79 Å². The molecule has 0 bridgehead atoms. The number of hydrogen-bond donors (Lipinski definition) is 2. The van der Waals surface area contributed by atoms with E-state index in [-0.39, 0.29) is 15.5 Å². The molecule has 0 aromatic heterocycles. The van der Waals surface area contributed by atoms with Gasteiger partial charge in [-0.3, -0.25) is 4.72 Å². The van der Waals surface area contributed by atoms with Crippen LogP contribution in [0, 0.1) is 0 Å². The third-order valence-corrected chi connectivity index (χ3v) is 6.22. The van der Waals surface area contributed by atoms with Gasteiger partial charge >= 0.3 is 0 Å². The van der Waals surface area contributed by atoms with Gasteiger partial charge in [0, 0.05) is 5.02 Å². The first-order valence-corrected chi connectivity index (χ1v) is 11.2. The Morgan fingerprint density at radius 2 is 1.32 bits per heavy atom. The Morgan fingerprint density at radius 3 is 1.89 bits per heavy atom. The zero-order valence-corrected chi connectivity index (χ0v) is 16.6. The Kier molecular flexibility index (Phi) is 5.61. The van der Waals surface area contributed by atoms with Gasteiger partial charge in [0.15, 0.2) is 0 Å². The highest BCUT2D eigenvalue weighted by molar-refractivity contribution is 7.93. The maximum atomic E-state index is 12.6. The number of primary sulfonamides is 1. The predicted octanol–water partition coefficient (Wildman–Crippen LogP) is 3.58. The molecular weight excluding hydrogens is 424 g/mol. The lowest BCUT2D eigenvalue weighted by Crippen LogP contribution is -2.18. The number of para-hydroxylation sites is 1. The monoisotopic (exact) mass is 438 g/mol. The molecule has 0 fully saturated rings. The molecule has 3 rings (SSSR count). The summed E-state index contributed by atoms with van der Waals surface area (Å²) in [5, 5.41) is 5.70. The molecule has 146 valence electrons. The average molecular weight is 439 g/mol. The SMILES string of the molecule is NS(=O)(=O)c1ccccc1NS(=O)(=O)c1ccc(Oc2ccc(Cl)cc2)cc1. The summed E-state index contributed by atoms with van der Waals surface area (Å²) < 4.78 is 56.3. The smallest absolute Gasteiger partial charge is 0.261 e. The third-order valence-electron chi connectivity index (χ3n) is 3.62. The van der Waals surface area contributed by atoms with Crippen LogP contribution in [0.4, 0.5) is 5.69 Å². The topological polar surface area (TPSA) is 116 Å². The molecule has 0 heterocycles. The minimum absolute atomic E-state index is 0.0693. The summed E-state index contributed by atoms with van der Waals surface area (Å²) >= 11 is 5.82. The lowest BCUT2D eigenvalue weighted by molar-refractivity contribution is 0.482. The number of halogens is 1. The van der Waals surface area contributed by atoms with Crippen LogP contribution in [-0.2, 0) is 20.0 Å². The van der Waals surface area contributed by atoms with Crippen LogP contribution in [0.5, 0.6) is 11.5 Å². The molecule has 0 unspecified atom stereocenters. The number of ether oxygens (including phenoxy) is 1. The van der Waals surface area contributed by atoms with Gasteiger partial charge in [-0.2, -0.15) is 0 Å². The molecule has 0 radical (unpaired) electrons. The first-order chi connectivity index (χ1) is 13.1. The zero-order chi connectivity index (χ0) is 20.4. The number of hydrogen-bond acceptors (Lipinski definition) is 5. The Hall–Kier alpha value is -2.59. The molecule has 3 aromatic rings. The van der Waals surface area contributed by atoms with Crippen molar-refractivity contribution in [3.8, 4) is 11.5 Å². The Balaban J connectivity index is 1.82. The predicted molar refractivity (Wildman–Crippen MR) is 107 cm³/mol. The van der Waals surface area contributed by atoms with Crippen LogP contribution in [0.2, 0.25) is 5.02 Å². The minimum atomic E-state index is -4.09. The highest BCUT2D eigenvalue weighted by Crippen LogP contribution is 2.26. The van der Waals surface area contributed by atoms with Gasteiger partial charge in [0.25, 0.3) is 10.0 Å². The fourth-order valence-electron chi connectivity index (χ4n) is 2.33. The van der Waals surface area contributed by atoms with Crippen LogP contribution in [0.15, 0.2) is 82.6 Å². The van der Waals surface area contributed by atoms with Crippen molar-refractivity contribution in [3.05, 3.63) is 77.8 Å². The summed E-state index contributed by atoms with van der Waals surface area (Å²) in [6.07, 6.45) is 0. The van der Waals surface area contributed by atoms with Gasteiger partial charge in [0.05, 0.1) is 10.6 Å². The van der Waals surface area contributed by atoms with Crippen molar-refractivity contribution in [1.29, 1.82) is 0 Å². The quantitative estimate of drug-likeness (QED) is 0.610. The van der Waals surface area contributed by atoms with E-state index >= 15 is 0 Å². The summed E-state index contributed by atoms with van der Waals surface area (Å²) in [7, 11) is -8.12. The normalized spacial score (nSPS) is 11.8. The average Bonchev–Trinajstić information content (AvgIpc) is 2.63. The fraction of sp³-hybridized carbons (Fsp3) is 0. The van der Waals surface area contributed by atoms with E-state index < -0.39 is 20.0 Å². The van der Waals surface area contributed by atoms with E-state index in [0.717, 1.165) is 0 Å². The standard InChI is InChI=1S/C18H15ClN2O5S2/c19-13-5-7-14(8-6-13)26-15-9-11-16(12-10-15)28(24,25)21-17-3-1-2-4-18(17)27(20,22)23/h1-12,21H,(H2,20,22,23). The molecule has 0 atom stereocenters. The van der Waals surface area contributed by atoms with Crippen molar-refractivity contribution >= 4 is 37.3 Å². The van der Waals surface area contributed by atoms with E-state index in [4.69, 9.17) is 21.5 Å². The van der Waals surface area contributed by atoms with Crippen molar-refractivity contribution < 1.29 is 21.6 Å². The lowest BCUT2D eigenvalue weighted by atomic mass is 10.3. The van der Waals surface area contributed by atoms with E-state index in [9.17, 15) is 16.8 Å². The number of nitrogens with two attached hydrogens (primary N) is 1. The fourth-order valence-corrected chi connectivity index (χ4v) is 4.29. The van der Waals surface area contributed by atoms with Gasteiger partial charge in [0.2, 0.25) is 10.0 Å². The highest BCUT2D eigenvalue weighted by Gasteiger charge is 2.20. The van der Waals surface area contributed by atoms with Gasteiger partial charge in [0.1, 0.15) is 16.4 Å². The molecular formula is C18H15ClN2O5S2. The molecule has 28 heavy (non-hydrogen) atoms. The van der Waals surface area contributed by atoms with Crippen LogP contribution < -0.4 is 14.6 Å². The summed E-state index contributed by atoms with van der Waals surface area (Å²) in [5.74, 6) is 0.964. The van der Waals surface area contributed by atoms with Gasteiger partial charge in [-0.25, -0.2) is 22.0 Å². The first-order valence-electron chi connectivity index (χ1n) is 7.83. The summed E-state index contributed by atoms with van der Waals surface area (Å²) in [5.41, 5.74) is -0.133. The second-order valence-electron chi connectivity index (χ2n) is 5.67. The summed E-state index contributed by atoms with van der Waals surface area (Å²) in [4.78, 5) is -0.388. The highest BCUT2D eigenvalue weighted by atomic mass is 35.5. The maximum Gasteiger partial charge on any atom is 0.261 e. The number of nitrogens with one attached hydrogen (secondary N) is 1. The van der Waals surface area contributed by atoms with Crippen LogP contribution in [0.25, 0.3) is 0 Å². The molecule has 0 spiro atoms. The maximum absolute atomic E-state index is 12.6. The van der Waals surface area contributed by atoms with Crippen molar-refractivity contribution in [1.82, 2.24) is 0 Å². The summed E-state index contributed by atoms with van der Waals surface area (Å²) in [6.45, 7) is 0. The van der Waals surface area contributed by atoms with Gasteiger partial charge in [-0.05, 0) is 60.7 Å². The molecule has 0 amide bonds. The second kappa shape index (κ2) is 7.80. The van der Waals surface area contributed by atoms with Crippen LogP contribution in [0.1, 0.15) is 0 Å². The van der Waals surface area contributed by atoms with E-state index in [1.807, 2.05) is 0 Å². The Morgan fingerprint density at radius 1 is 0.786 bits per heavy atom. The molecule has 0 aliphatic heterocycles. The molecule has 3 aromatic carbocycles. The van der Waals surface area contributed by atoms with Gasteiger partial charge in [-0.15, -0.1) is 0 Å². The van der Waals surface area contributed by atoms with E-state index in [0.29, 0.717) is 16.5 Å². The van der Waals surface area contributed by atoms with Gasteiger partial charge < -0.3 is 4.74 Å². The van der Waals surface area contributed by atoms with E-state index in [1.54, 1.807) is 24.3 Å². The molecule has 7 nitrogen and oxygen atoms in total. The molecule has 0 saturated carbocycles. The van der Waals surface area contributed by atoms with Crippen molar-refractivity contribution in [2.24, 2.45) is 5.14 Å². The molecule has 3 N–H and O–H groups in total. The lowest BCUT2D eigenvalue weighted by Gasteiger charge is -2.12. The Labute approximate surface area is 167 Å². The number of rotatable bonds is 6. The Bertz CT molecular complexity index is 1190. The third kappa shape index (κ3) is 4.82. The number of anilines is 1. The zero-order valence-electron chi connectivity index (χ0n) is 14.2. The first kappa shape index (κ1) is 20.2. The van der Waals surface area contributed by atoms with Crippen molar-refractivity contribution in [2.75, 3.05) is 4.72 Å². The largest absolute Gasteiger partial charge is 0.457 e. The van der Waals surface area contributed by atoms with Crippen molar-refractivity contribution in [3.63, 3.8) is 0 Å². The summed E-state index contributed by atoms with van der Waals surface area (Å²) in [6, 6.07) is 17.8. The van der Waals surface area contributed by atoms with E-state index in [2.05, 4.69) is 4.72 Å². The second-order valence-corrected chi connectivity index (χ2v) is 9.32. The molecule has 10 heteroatoms. The minimum Gasteiger partial charge on any atom is -0.457 e. The molecule has 0 aliphatic carbocycles. The van der Waals surface area contributed by atoms with Crippen LogP contribution in [0.3, 0.4) is 0 Å². The number of sulfonamides is 2. The number of benzene rings is 3.